The summed E-state index contributed by atoms with van der Waals surface area (Å²) in [6.45, 7) is 1.37. The lowest BCUT2D eigenvalue weighted by molar-refractivity contribution is -0.117. The molecule has 0 unspecified atom stereocenters. The Morgan fingerprint density at radius 3 is 2.60 bits per heavy atom. The number of carbonyl (C=O) groups is 1. The van der Waals surface area contributed by atoms with Gasteiger partial charge in [-0.05, 0) is 19.1 Å². The lowest BCUT2D eigenvalue weighted by Gasteiger charge is -2.06. The molecule has 0 saturated carbocycles. The van der Waals surface area contributed by atoms with Crippen LogP contribution in [0.1, 0.15) is 17.8 Å². The van der Waals surface area contributed by atoms with Crippen molar-refractivity contribution in [3.63, 3.8) is 0 Å². The van der Waals surface area contributed by atoms with Gasteiger partial charge in [-0.1, -0.05) is 29.8 Å². The fraction of sp³-hybridized carbons (Fsp3) is 0.231. The van der Waals surface area contributed by atoms with E-state index in [2.05, 4.69) is 10.4 Å². The van der Waals surface area contributed by atoms with Crippen LogP contribution in [0.5, 0.6) is 0 Å². The molecule has 2 rings (SSSR count). The number of anilines is 1. The summed E-state index contributed by atoms with van der Waals surface area (Å²) in [6, 6.07) is 8.83. The number of para-hydroxylation sites is 1. The molecular formula is C13H12ClF2N3O. The van der Waals surface area contributed by atoms with Gasteiger partial charge in [0.1, 0.15) is 12.2 Å². The maximum atomic E-state index is 12.6. The first kappa shape index (κ1) is 14.5. The summed E-state index contributed by atoms with van der Waals surface area (Å²) in [5.41, 5.74) is 0.462. The van der Waals surface area contributed by atoms with Crippen LogP contribution in [0.15, 0.2) is 30.3 Å². The monoisotopic (exact) mass is 299 g/mol. The number of nitrogens with zero attached hydrogens (tertiary/aromatic N) is 2. The van der Waals surface area contributed by atoms with Crippen molar-refractivity contribution in [2.24, 2.45) is 0 Å². The second-order valence-electron chi connectivity index (χ2n) is 4.16. The van der Waals surface area contributed by atoms with Gasteiger partial charge in [0.05, 0.1) is 10.7 Å². The zero-order valence-corrected chi connectivity index (χ0v) is 11.4. The lowest BCUT2D eigenvalue weighted by atomic mass is 10.3. The van der Waals surface area contributed by atoms with Gasteiger partial charge in [-0.25, -0.2) is 8.78 Å². The largest absolute Gasteiger partial charge is 0.324 e. The summed E-state index contributed by atoms with van der Waals surface area (Å²) in [4.78, 5) is 11.8. The van der Waals surface area contributed by atoms with Crippen LogP contribution in [-0.4, -0.2) is 15.7 Å². The Hall–Kier alpha value is -1.95. The first-order valence-corrected chi connectivity index (χ1v) is 6.22. The summed E-state index contributed by atoms with van der Waals surface area (Å²) in [5.74, 6) is -0.362. The standard InChI is InChI=1S/C13H12ClF2N3O/c1-8-11(14)12(13(15)16)18-19(8)7-10(20)17-9-5-3-2-4-6-9/h2-6,13H,7H2,1H3,(H,17,20). The van der Waals surface area contributed by atoms with Gasteiger partial charge in [0.25, 0.3) is 6.43 Å². The number of benzene rings is 1. The van der Waals surface area contributed by atoms with Crippen LogP contribution < -0.4 is 5.32 Å². The average molecular weight is 300 g/mol. The van der Waals surface area contributed by atoms with Gasteiger partial charge in [0.15, 0.2) is 0 Å². The summed E-state index contributed by atoms with van der Waals surface area (Å²) in [6.07, 6.45) is -2.76. The molecule has 0 bridgehead atoms. The van der Waals surface area contributed by atoms with E-state index in [-0.39, 0.29) is 17.5 Å². The van der Waals surface area contributed by atoms with Gasteiger partial charge in [-0.2, -0.15) is 5.10 Å². The van der Waals surface area contributed by atoms with Crippen molar-refractivity contribution in [3.05, 3.63) is 46.7 Å². The number of alkyl halides is 2. The van der Waals surface area contributed by atoms with E-state index in [1.165, 1.54) is 11.6 Å². The van der Waals surface area contributed by atoms with Crippen LogP contribution in [0.25, 0.3) is 0 Å². The molecule has 7 heteroatoms. The van der Waals surface area contributed by atoms with Gasteiger partial charge in [-0.15, -0.1) is 0 Å². The van der Waals surface area contributed by atoms with Crippen LogP contribution in [-0.2, 0) is 11.3 Å². The molecule has 4 nitrogen and oxygen atoms in total. The number of nitrogens with one attached hydrogen (secondary N) is 1. The minimum atomic E-state index is -2.76. The predicted molar refractivity (Wildman–Crippen MR) is 72.0 cm³/mol. The quantitative estimate of drug-likeness (QED) is 0.940. The van der Waals surface area contributed by atoms with Crippen molar-refractivity contribution in [1.82, 2.24) is 9.78 Å². The number of rotatable bonds is 4. The molecule has 1 aromatic carbocycles. The average Bonchev–Trinajstić information content (AvgIpc) is 2.68. The molecule has 0 radical (unpaired) electrons. The maximum Gasteiger partial charge on any atom is 0.283 e. The molecule has 0 atom stereocenters. The van der Waals surface area contributed by atoms with Crippen LogP contribution in [0.4, 0.5) is 14.5 Å². The third kappa shape index (κ3) is 3.14. The van der Waals surface area contributed by atoms with Crippen molar-refractivity contribution in [2.75, 3.05) is 5.32 Å². The van der Waals surface area contributed by atoms with Crippen LogP contribution in [0.3, 0.4) is 0 Å². The van der Waals surface area contributed by atoms with Crippen LogP contribution in [0.2, 0.25) is 5.02 Å². The lowest BCUT2D eigenvalue weighted by Crippen LogP contribution is -2.20. The van der Waals surface area contributed by atoms with Crippen molar-refractivity contribution in [1.29, 1.82) is 0 Å². The first-order valence-electron chi connectivity index (χ1n) is 5.85. The Balaban J connectivity index is 2.10. The highest BCUT2D eigenvalue weighted by Gasteiger charge is 2.21. The first-order chi connectivity index (χ1) is 9.49. The zero-order chi connectivity index (χ0) is 14.7. The Morgan fingerprint density at radius 1 is 1.40 bits per heavy atom. The van der Waals surface area contributed by atoms with Crippen molar-refractivity contribution < 1.29 is 13.6 Å². The third-order valence-electron chi connectivity index (χ3n) is 2.72. The van der Waals surface area contributed by atoms with Crippen LogP contribution >= 0.6 is 11.6 Å². The smallest absolute Gasteiger partial charge is 0.283 e. The minimum absolute atomic E-state index is 0.104. The topological polar surface area (TPSA) is 46.9 Å². The molecule has 0 spiro atoms. The Labute approximate surface area is 119 Å². The third-order valence-corrected chi connectivity index (χ3v) is 3.18. The Morgan fingerprint density at radius 2 is 2.05 bits per heavy atom. The molecule has 0 fully saturated rings. The number of halogens is 3. The van der Waals surface area contributed by atoms with E-state index < -0.39 is 12.1 Å². The van der Waals surface area contributed by atoms with Gasteiger partial charge in [0.2, 0.25) is 5.91 Å². The molecular weight excluding hydrogens is 288 g/mol. The molecule has 0 saturated heterocycles. The normalized spacial score (nSPS) is 10.8. The molecule has 0 aliphatic rings. The Kier molecular flexibility index (Phi) is 4.34. The van der Waals surface area contributed by atoms with E-state index in [0.717, 1.165) is 0 Å². The summed E-state index contributed by atoms with van der Waals surface area (Å²) in [5, 5.41) is 6.21. The number of hydrogen-bond acceptors (Lipinski definition) is 2. The molecule has 0 aliphatic carbocycles. The fourth-order valence-corrected chi connectivity index (χ4v) is 1.92. The highest BCUT2D eigenvalue weighted by atomic mass is 35.5. The van der Waals surface area contributed by atoms with E-state index in [9.17, 15) is 13.6 Å². The molecule has 1 amide bonds. The van der Waals surface area contributed by atoms with E-state index in [4.69, 9.17) is 11.6 Å². The molecule has 1 N–H and O–H groups in total. The van der Waals surface area contributed by atoms with Gasteiger partial charge < -0.3 is 5.32 Å². The summed E-state index contributed by atoms with van der Waals surface area (Å²) in [7, 11) is 0. The van der Waals surface area contributed by atoms with Crippen molar-refractivity contribution in [3.8, 4) is 0 Å². The van der Waals surface area contributed by atoms with E-state index >= 15 is 0 Å². The number of hydrogen-bond donors (Lipinski definition) is 1. The van der Waals surface area contributed by atoms with Crippen molar-refractivity contribution in [2.45, 2.75) is 19.9 Å². The molecule has 20 heavy (non-hydrogen) atoms. The number of amides is 1. The molecule has 1 heterocycles. The summed E-state index contributed by atoms with van der Waals surface area (Å²) >= 11 is 5.76. The SMILES string of the molecule is Cc1c(Cl)c(C(F)F)nn1CC(=O)Nc1ccccc1. The fourth-order valence-electron chi connectivity index (χ4n) is 1.70. The second kappa shape index (κ2) is 6.00. The highest BCUT2D eigenvalue weighted by molar-refractivity contribution is 6.31. The van der Waals surface area contributed by atoms with Crippen LogP contribution in [0, 0.1) is 6.92 Å². The molecule has 0 aliphatic heterocycles. The van der Waals surface area contributed by atoms with Gasteiger partial charge in [-0.3, -0.25) is 9.48 Å². The highest BCUT2D eigenvalue weighted by Crippen LogP contribution is 2.28. The zero-order valence-electron chi connectivity index (χ0n) is 10.6. The summed E-state index contributed by atoms with van der Waals surface area (Å²) < 4.78 is 26.5. The molecule has 2 aromatic rings. The number of aromatic nitrogens is 2. The predicted octanol–water partition coefficient (Wildman–Crippen LogP) is 3.42. The van der Waals surface area contributed by atoms with Gasteiger partial charge >= 0.3 is 0 Å². The van der Waals surface area contributed by atoms with E-state index in [1.807, 2.05) is 6.07 Å². The second-order valence-corrected chi connectivity index (χ2v) is 4.54. The molecule has 106 valence electrons. The van der Waals surface area contributed by atoms with Gasteiger partial charge in [0, 0.05) is 5.69 Å². The maximum absolute atomic E-state index is 12.6. The van der Waals surface area contributed by atoms with Crippen molar-refractivity contribution >= 4 is 23.2 Å². The van der Waals surface area contributed by atoms with E-state index in [1.54, 1.807) is 24.3 Å². The number of carbonyl (C=O) groups excluding carboxylic acids is 1. The molecule has 1 aromatic heterocycles. The minimum Gasteiger partial charge on any atom is -0.324 e. The van der Waals surface area contributed by atoms with E-state index in [0.29, 0.717) is 11.4 Å². The Bertz CT molecular complexity index is 614.